The van der Waals surface area contributed by atoms with E-state index in [0.717, 1.165) is 12.2 Å². The zero-order valence-corrected chi connectivity index (χ0v) is 7.28. The third-order valence-electron chi connectivity index (χ3n) is 1.10. The van der Waals surface area contributed by atoms with Crippen LogP contribution in [0.1, 0.15) is 13.3 Å². The van der Waals surface area contributed by atoms with Crippen LogP contribution in [0.5, 0.6) is 0 Å². The molecule has 0 amide bonds. The van der Waals surface area contributed by atoms with Gasteiger partial charge in [0.05, 0.1) is 6.07 Å². The molecule has 10 heavy (non-hydrogen) atoms. The van der Waals surface area contributed by atoms with Crippen LogP contribution in [-0.4, -0.2) is 24.7 Å². The fourth-order valence-electron chi connectivity index (χ4n) is 0.611. The molecule has 0 saturated heterocycles. The van der Waals surface area contributed by atoms with Crippen LogP contribution in [0.4, 0.5) is 0 Å². The highest BCUT2D eigenvalue weighted by Gasteiger charge is 2.03. The summed E-state index contributed by atoms with van der Waals surface area (Å²) in [5.74, 6) is 0.998. The van der Waals surface area contributed by atoms with Gasteiger partial charge in [0.15, 0.2) is 0 Å². The molecular weight excluding hydrogens is 146 g/mol. The Bertz CT molecular complexity index is 111. The maximum absolute atomic E-state index is 8.50. The first-order chi connectivity index (χ1) is 4.85. The molecule has 3 heteroatoms. The summed E-state index contributed by atoms with van der Waals surface area (Å²) in [5.41, 5.74) is 0. The van der Waals surface area contributed by atoms with E-state index in [4.69, 9.17) is 10.00 Å². The van der Waals surface area contributed by atoms with Crippen molar-refractivity contribution in [1.29, 1.82) is 5.26 Å². The number of hydrogen-bond donors (Lipinski definition) is 0. The molecule has 0 aliphatic rings. The molecule has 0 bridgehead atoms. The van der Waals surface area contributed by atoms with Crippen LogP contribution in [0.3, 0.4) is 0 Å². The lowest BCUT2D eigenvalue weighted by atomic mass is 10.3. The van der Waals surface area contributed by atoms with Gasteiger partial charge < -0.3 is 4.74 Å². The summed E-state index contributed by atoms with van der Waals surface area (Å²) in [6.07, 6.45) is 2.67. The zero-order chi connectivity index (χ0) is 7.82. The molecule has 0 fully saturated rings. The van der Waals surface area contributed by atoms with Crippen molar-refractivity contribution in [3.63, 3.8) is 0 Å². The Hall–Kier alpha value is -0.200. The van der Waals surface area contributed by atoms with Gasteiger partial charge in [0.25, 0.3) is 0 Å². The first kappa shape index (κ1) is 9.80. The normalized spacial score (nSPS) is 12.5. The van der Waals surface area contributed by atoms with E-state index in [1.807, 2.05) is 13.2 Å². The lowest BCUT2D eigenvalue weighted by Crippen LogP contribution is -2.10. The molecule has 0 aromatic carbocycles. The molecule has 0 heterocycles. The van der Waals surface area contributed by atoms with Crippen molar-refractivity contribution < 1.29 is 4.74 Å². The SMILES string of the molecule is CCOC(C#N)CCSC. The second kappa shape index (κ2) is 6.91. The molecule has 0 saturated carbocycles. The Balaban J connectivity index is 3.33. The van der Waals surface area contributed by atoms with Crippen molar-refractivity contribution in [2.45, 2.75) is 19.4 Å². The van der Waals surface area contributed by atoms with E-state index < -0.39 is 0 Å². The van der Waals surface area contributed by atoms with E-state index in [-0.39, 0.29) is 6.10 Å². The average molecular weight is 159 g/mol. The maximum atomic E-state index is 8.50. The number of thioether (sulfide) groups is 1. The second-order valence-electron chi connectivity index (χ2n) is 1.85. The van der Waals surface area contributed by atoms with Gasteiger partial charge in [-0.2, -0.15) is 17.0 Å². The predicted octanol–water partition coefficient (Wildman–Crippen LogP) is 1.67. The van der Waals surface area contributed by atoms with Crippen molar-refractivity contribution in [3.05, 3.63) is 0 Å². The van der Waals surface area contributed by atoms with Crippen molar-refractivity contribution in [2.75, 3.05) is 18.6 Å². The van der Waals surface area contributed by atoms with E-state index in [1.54, 1.807) is 11.8 Å². The first-order valence-corrected chi connectivity index (χ1v) is 4.74. The highest BCUT2D eigenvalue weighted by atomic mass is 32.2. The van der Waals surface area contributed by atoms with Crippen LogP contribution < -0.4 is 0 Å². The van der Waals surface area contributed by atoms with Crippen LogP contribution in [-0.2, 0) is 4.74 Å². The Morgan fingerprint density at radius 1 is 1.70 bits per heavy atom. The number of hydrogen-bond acceptors (Lipinski definition) is 3. The van der Waals surface area contributed by atoms with Crippen molar-refractivity contribution in [1.82, 2.24) is 0 Å². The van der Waals surface area contributed by atoms with Crippen LogP contribution in [0, 0.1) is 11.3 Å². The minimum Gasteiger partial charge on any atom is -0.364 e. The number of ether oxygens (including phenoxy) is 1. The smallest absolute Gasteiger partial charge is 0.144 e. The Morgan fingerprint density at radius 2 is 2.40 bits per heavy atom. The largest absolute Gasteiger partial charge is 0.364 e. The summed E-state index contributed by atoms with van der Waals surface area (Å²) >= 11 is 1.74. The molecule has 0 spiro atoms. The summed E-state index contributed by atoms with van der Waals surface area (Å²) in [4.78, 5) is 0. The molecule has 1 atom stereocenters. The third-order valence-corrected chi connectivity index (χ3v) is 1.74. The highest BCUT2D eigenvalue weighted by Crippen LogP contribution is 2.02. The highest BCUT2D eigenvalue weighted by molar-refractivity contribution is 7.98. The fourth-order valence-corrected chi connectivity index (χ4v) is 1.06. The molecule has 58 valence electrons. The van der Waals surface area contributed by atoms with Crippen LogP contribution in [0.15, 0.2) is 0 Å². The van der Waals surface area contributed by atoms with E-state index >= 15 is 0 Å². The summed E-state index contributed by atoms with van der Waals surface area (Å²) in [6, 6.07) is 2.10. The van der Waals surface area contributed by atoms with Crippen LogP contribution in [0.2, 0.25) is 0 Å². The van der Waals surface area contributed by atoms with E-state index in [1.165, 1.54) is 0 Å². The second-order valence-corrected chi connectivity index (χ2v) is 2.84. The van der Waals surface area contributed by atoms with Crippen LogP contribution >= 0.6 is 11.8 Å². The van der Waals surface area contributed by atoms with Gasteiger partial charge in [-0.25, -0.2) is 0 Å². The Kier molecular flexibility index (Phi) is 6.78. The van der Waals surface area contributed by atoms with Gasteiger partial charge in [0.1, 0.15) is 6.10 Å². The minimum atomic E-state index is -0.197. The monoisotopic (exact) mass is 159 g/mol. The summed E-state index contributed by atoms with van der Waals surface area (Å²) in [5, 5.41) is 8.50. The molecule has 1 unspecified atom stereocenters. The Labute approximate surface area is 66.6 Å². The molecule has 0 N–H and O–H groups in total. The van der Waals surface area contributed by atoms with Crippen molar-refractivity contribution >= 4 is 11.8 Å². The van der Waals surface area contributed by atoms with E-state index in [0.29, 0.717) is 6.61 Å². The average Bonchev–Trinajstić information content (AvgIpc) is 1.98. The molecule has 2 nitrogen and oxygen atoms in total. The van der Waals surface area contributed by atoms with Gasteiger partial charge in [-0.3, -0.25) is 0 Å². The summed E-state index contributed by atoms with van der Waals surface area (Å²) < 4.78 is 5.12. The van der Waals surface area contributed by atoms with Gasteiger partial charge in [-0.05, 0) is 25.4 Å². The molecule has 0 aliphatic carbocycles. The Morgan fingerprint density at radius 3 is 2.80 bits per heavy atom. The number of nitrogens with zero attached hydrogens (tertiary/aromatic N) is 1. The van der Waals surface area contributed by atoms with Gasteiger partial charge in [-0.15, -0.1) is 0 Å². The summed E-state index contributed by atoms with van der Waals surface area (Å²) in [6.45, 7) is 2.54. The lowest BCUT2D eigenvalue weighted by Gasteiger charge is -2.06. The number of nitriles is 1. The standard InChI is InChI=1S/C7H13NOS/c1-3-9-7(6-8)4-5-10-2/h7H,3-5H2,1-2H3. The van der Waals surface area contributed by atoms with Gasteiger partial charge in [0.2, 0.25) is 0 Å². The lowest BCUT2D eigenvalue weighted by molar-refractivity contribution is 0.0997. The molecule has 0 aromatic rings. The molecule has 0 aliphatic heterocycles. The van der Waals surface area contributed by atoms with Crippen molar-refractivity contribution in [2.24, 2.45) is 0 Å². The van der Waals surface area contributed by atoms with E-state index in [9.17, 15) is 0 Å². The maximum Gasteiger partial charge on any atom is 0.144 e. The minimum absolute atomic E-state index is 0.197. The number of rotatable bonds is 5. The van der Waals surface area contributed by atoms with Gasteiger partial charge >= 0.3 is 0 Å². The molecule has 0 radical (unpaired) electrons. The molecule has 0 rings (SSSR count). The quantitative estimate of drug-likeness (QED) is 0.611. The topological polar surface area (TPSA) is 33.0 Å². The third kappa shape index (κ3) is 4.66. The zero-order valence-electron chi connectivity index (χ0n) is 6.46. The molecular formula is C7H13NOS. The molecule has 0 aromatic heterocycles. The van der Waals surface area contributed by atoms with Crippen LogP contribution in [0.25, 0.3) is 0 Å². The predicted molar refractivity (Wildman–Crippen MR) is 44.0 cm³/mol. The van der Waals surface area contributed by atoms with E-state index in [2.05, 4.69) is 6.07 Å². The fraction of sp³-hybridized carbons (Fsp3) is 0.857. The summed E-state index contributed by atoms with van der Waals surface area (Å²) in [7, 11) is 0. The van der Waals surface area contributed by atoms with Gasteiger partial charge in [-0.1, -0.05) is 0 Å². The first-order valence-electron chi connectivity index (χ1n) is 3.35. The van der Waals surface area contributed by atoms with Gasteiger partial charge in [0, 0.05) is 6.61 Å². The van der Waals surface area contributed by atoms with Crippen molar-refractivity contribution in [3.8, 4) is 6.07 Å².